The number of nitrogens with zero attached hydrogens (tertiary/aromatic N) is 2. The molecule has 0 aliphatic carbocycles. The average molecular weight is 487 g/mol. The third-order valence-corrected chi connectivity index (χ3v) is 6.12. The van der Waals surface area contributed by atoms with E-state index >= 15 is 0 Å². The van der Waals surface area contributed by atoms with Crippen molar-refractivity contribution in [3.05, 3.63) is 113 Å². The molecule has 174 valence electrons. The van der Waals surface area contributed by atoms with E-state index in [0.29, 0.717) is 33.3 Å². The van der Waals surface area contributed by atoms with E-state index < -0.39 is 23.5 Å². The van der Waals surface area contributed by atoms with Gasteiger partial charge in [-0.05, 0) is 54.1 Å². The highest BCUT2D eigenvalue weighted by Crippen LogP contribution is 2.42. The first kappa shape index (κ1) is 22.4. The molecule has 8 heteroatoms. The minimum absolute atomic E-state index is 0.0110. The third kappa shape index (κ3) is 4.06. The molecule has 1 aliphatic rings. The van der Waals surface area contributed by atoms with Gasteiger partial charge < -0.3 is 14.4 Å². The van der Waals surface area contributed by atoms with Gasteiger partial charge in [0.05, 0.1) is 18.7 Å². The summed E-state index contributed by atoms with van der Waals surface area (Å²) in [6.45, 7) is 0. The number of aliphatic hydroxyl groups excluding tert-OH is 1. The van der Waals surface area contributed by atoms with E-state index in [4.69, 9.17) is 20.9 Å². The van der Waals surface area contributed by atoms with Gasteiger partial charge in [-0.15, -0.1) is 0 Å². The first-order chi connectivity index (χ1) is 17.0. The number of ketones is 1. The first-order valence-corrected chi connectivity index (χ1v) is 11.1. The number of ether oxygens (including phenoxy) is 1. The molecule has 5 rings (SSSR count). The molecule has 0 spiro atoms. The molecule has 0 saturated carbocycles. The Labute approximate surface area is 205 Å². The van der Waals surface area contributed by atoms with E-state index in [9.17, 15) is 14.7 Å². The molecule has 0 bridgehead atoms. The van der Waals surface area contributed by atoms with Crippen molar-refractivity contribution < 1.29 is 24.0 Å². The van der Waals surface area contributed by atoms with Crippen molar-refractivity contribution in [3.8, 4) is 17.0 Å². The quantitative estimate of drug-likeness (QED) is 0.347. The van der Waals surface area contributed by atoms with E-state index in [1.54, 1.807) is 78.9 Å². The topological polar surface area (TPSA) is 92.9 Å². The molecule has 1 unspecified atom stereocenters. The van der Waals surface area contributed by atoms with Gasteiger partial charge in [0, 0.05) is 27.9 Å². The summed E-state index contributed by atoms with van der Waals surface area (Å²) in [5, 5.41) is 15.3. The molecule has 0 saturated heterocycles. The summed E-state index contributed by atoms with van der Waals surface area (Å²) in [5.41, 5.74) is 2.89. The highest BCUT2D eigenvalue weighted by Gasteiger charge is 2.44. The van der Waals surface area contributed by atoms with Crippen molar-refractivity contribution in [1.82, 2.24) is 5.16 Å². The largest absolute Gasteiger partial charge is 0.503 e. The summed E-state index contributed by atoms with van der Waals surface area (Å²) in [5.74, 6) is -1.13. The molecule has 1 aliphatic heterocycles. The van der Waals surface area contributed by atoms with E-state index in [1.165, 1.54) is 18.3 Å². The molecule has 1 atom stereocenters. The number of aromatic nitrogens is 1. The van der Waals surface area contributed by atoms with Gasteiger partial charge in [-0.25, -0.2) is 0 Å². The van der Waals surface area contributed by atoms with Gasteiger partial charge in [-0.2, -0.15) is 0 Å². The van der Waals surface area contributed by atoms with Crippen molar-refractivity contribution in [2.24, 2.45) is 0 Å². The number of rotatable bonds is 6. The Morgan fingerprint density at radius 2 is 1.69 bits per heavy atom. The Morgan fingerprint density at radius 1 is 1.00 bits per heavy atom. The summed E-state index contributed by atoms with van der Waals surface area (Å²) < 4.78 is 10.1. The maximum Gasteiger partial charge on any atom is 0.294 e. The predicted octanol–water partition coefficient (Wildman–Crippen LogP) is 5.79. The number of aliphatic hydroxyl groups is 1. The number of hydrogen-bond acceptors (Lipinski definition) is 6. The second kappa shape index (κ2) is 9.12. The smallest absolute Gasteiger partial charge is 0.294 e. The Hall–Kier alpha value is -4.36. The SMILES string of the molecule is COc1ccc(C(=O)C2=C(O)C(=O)N(c3ccc(-c4ccon4)cc3)C2c2ccc(Cl)cc2)cc1. The fraction of sp³-hybridized carbons (Fsp3) is 0.0741. The number of amides is 1. The van der Waals surface area contributed by atoms with Crippen molar-refractivity contribution in [2.75, 3.05) is 12.0 Å². The number of halogens is 1. The molecule has 1 aromatic heterocycles. The molecule has 4 aromatic rings. The monoisotopic (exact) mass is 486 g/mol. The first-order valence-electron chi connectivity index (χ1n) is 10.7. The third-order valence-electron chi connectivity index (χ3n) is 5.87. The summed E-state index contributed by atoms with van der Waals surface area (Å²) >= 11 is 6.08. The molecular formula is C27H19ClN2O5. The van der Waals surface area contributed by atoms with Gasteiger partial charge in [0.1, 0.15) is 17.7 Å². The van der Waals surface area contributed by atoms with Crippen molar-refractivity contribution >= 4 is 29.0 Å². The average Bonchev–Trinajstić information content (AvgIpc) is 3.52. The second-order valence-electron chi connectivity index (χ2n) is 7.88. The van der Waals surface area contributed by atoms with Gasteiger partial charge in [-0.3, -0.25) is 14.5 Å². The highest BCUT2D eigenvalue weighted by molar-refractivity contribution is 6.30. The van der Waals surface area contributed by atoms with E-state index in [2.05, 4.69) is 5.16 Å². The summed E-state index contributed by atoms with van der Waals surface area (Å²) in [7, 11) is 1.53. The van der Waals surface area contributed by atoms with Crippen LogP contribution >= 0.6 is 11.6 Å². The highest BCUT2D eigenvalue weighted by atomic mass is 35.5. The molecule has 2 heterocycles. The van der Waals surface area contributed by atoms with Gasteiger partial charge in [0.25, 0.3) is 5.91 Å². The number of hydrogen-bond donors (Lipinski definition) is 1. The van der Waals surface area contributed by atoms with E-state index in [1.807, 2.05) is 0 Å². The van der Waals surface area contributed by atoms with E-state index in [0.717, 1.165) is 5.56 Å². The Balaban J connectivity index is 1.59. The van der Waals surface area contributed by atoms with Gasteiger partial charge in [-0.1, -0.05) is 41.0 Å². The van der Waals surface area contributed by atoms with Crippen LogP contribution < -0.4 is 9.64 Å². The molecule has 1 N–H and O–H groups in total. The van der Waals surface area contributed by atoms with E-state index in [-0.39, 0.29) is 5.57 Å². The van der Waals surface area contributed by atoms with Crippen LogP contribution in [0.2, 0.25) is 5.02 Å². The lowest BCUT2D eigenvalue weighted by atomic mass is 9.92. The lowest BCUT2D eigenvalue weighted by molar-refractivity contribution is -0.117. The van der Waals surface area contributed by atoms with Crippen LogP contribution in [-0.2, 0) is 4.79 Å². The number of carbonyl (C=O) groups is 2. The van der Waals surface area contributed by atoms with Gasteiger partial charge in [0.15, 0.2) is 11.5 Å². The maximum atomic E-state index is 13.6. The minimum atomic E-state index is -0.854. The van der Waals surface area contributed by atoms with Crippen molar-refractivity contribution in [1.29, 1.82) is 0 Å². The molecule has 7 nitrogen and oxygen atoms in total. The lowest BCUT2D eigenvalue weighted by Gasteiger charge is -2.27. The zero-order valence-electron chi connectivity index (χ0n) is 18.5. The lowest BCUT2D eigenvalue weighted by Crippen LogP contribution is -2.31. The molecule has 3 aromatic carbocycles. The van der Waals surface area contributed by atoms with Crippen LogP contribution in [-0.4, -0.2) is 29.1 Å². The predicted molar refractivity (Wildman–Crippen MR) is 131 cm³/mol. The van der Waals surface area contributed by atoms with Crippen LogP contribution in [0.15, 0.2) is 101 Å². The molecule has 0 fully saturated rings. The molecule has 1 amide bonds. The number of Topliss-reactive ketones (excluding diaryl/α,β-unsaturated/α-hetero) is 1. The summed E-state index contributed by atoms with van der Waals surface area (Å²) in [4.78, 5) is 28.3. The second-order valence-corrected chi connectivity index (χ2v) is 8.32. The van der Waals surface area contributed by atoms with Crippen LogP contribution in [0.25, 0.3) is 11.3 Å². The van der Waals surface area contributed by atoms with Crippen LogP contribution in [0.4, 0.5) is 5.69 Å². The minimum Gasteiger partial charge on any atom is -0.503 e. The van der Waals surface area contributed by atoms with Crippen LogP contribution in [0, 0.1) is 0 Å². The zero-order chi connectivity index (χ0) is 24.5. The summed E-state index contributed by atoms with van der Waals surface area (Å²) in [6.07, 6.45) is 1.48. The number of carbonyl (C=O) groups excluding carboxylic acids is 2. The Morgan fingerprint density at radius 3 is 2.29 bits per heavy atom. The van der Waals surface area contributed by atoms with Crippen LogP contribution in [0.5, 0.6) is 5.75 Å². The zero-order valence-corrected chi connectivity index (χ0v) is 19.3. The Kier molecular flexibility index (Phi) is 5.84. The number of methoxy groups -OCH3 is 1. The molecular weight excluding hydrogens is 468 g/mol. The molecule has 35 heavy (non-hydrogen) atoms. The van der Waals surface area contributed by atoms with Crippen LogP contribution in [0.3, 0.4) is 0 Å². The fourth-order valence-corrected chi connectivity index (χ4v) is 4.24. The Bertz CT molecular complexity index is 1410. The van der Waals surface area contributed by atoms with Crippen LogP contribution in [0.1, 0.15) is 22.0 Å². The van der Waals surface area contributed by atoms with Crippen molar-refractivity contribution in [3.63, 3.8) is 0 Å². The molecule has 0 radical (unpaired) electrons. The summed E-state index contributed by atoms with van der Waals surface area (Å²) in [6, 6.07) is 21.2. The fourth-order valence-electron chi connectivity index (χ4n) is 4.12. The standard InChI is InChI=1S/C27H19ClN2O5/c1-34-21-12-6-18(7-13-21)25(31)23-24(17-2-8-19(28)9-3-17)30(27(33)26(23)32)20-10-4-16(5-11-20)22-14-15-35-29-22/h2-15,24,32H,1H3. The maximum absolute atomic E-state index is 13.6. The van der Waals surface area contributed by atoms with Gasteiger partial charge >= 0.3 is 0 Å². The van der Waals surface area contributed by atoms with Crippen molar-refractivity contribution in [2.45, 2.75) is 6.04 Å². The normalized spacial score (nSPS) is 15.5. The number of benzene rings is 3. The van der Waals surface area contributed by atoms with Gasteiger partial charge in [0.2, 0.25) is 0 Å². The number of anilines is 1.